The number of hydrogen-bond acceptors (Lipinski definition) is 9. The lowest BCUT2D eigenvalue weighted by molar-refractivity contribution is -0.132. The van der Waals surface area contributed by atoms with Gasteiger partial charge in [-0.05, 0) is 68.7 Å². The van der Waals surface area contributed by atoms with E-state index in [-0.39, 0.29) is 22.6 Å². The number of anilines is 1. The van der Waals surface area contributed by atoms with Crippen LogP contribution >= 0.6 is 11.3 Å². The molecule has 0 spiro atoms. The summed E-state index contributed by atoms with van der Waals surface area (Å²) in [4.78, 5) is 28.2. The first kappa shape index (κ1) is 25.7. The molecule has 9 nitrogen and oxygen atoms in total. The van der Waals surface area contributed by atoms with E-state index in [1.54, 1.807) is 43.3 Å². The van der Waals surface area contributed by atoms with Gasteiger partial charge in [0.1, 0.15) is 22.6 Å². The first-order chi connectivity index (χ1) is 18.3. The van der Waals surface area contributed by atoms with Crippen molar-refractivity contribution in [2.75, 3.05) is 18.1 Å². The highest BCUT2D eigenvalue weighted by molar-refractivity contribution is 7.15. The number of carbonyl (C=O) groups is 2. The fourth-order valence-electron chi connectivity index (χ4n) is 4.75. The molecule has 10 heteroatoms. The molecule has 38 heavy (non-hydrogen) atoms. The highest BCUT2D eigenvalue weighted by atomic mass is 32.1. The Morgan fingerprint density at radius 2 is 1.95 bits per heavy atom. The molecule has 2 aromatic carbocycles. The summed E-state index contributed by atoms with van der Waals surface area (Å²) < 4.78 is 17.5. The van der Waals surface area contributed by atoms with Crippen molar-refractivity contribution in [3.8, 4) is 17.2 Å². The van der Waals surface area contributed by atoms with Gasteiger partial charge in [-0.3, -0.25) is 14.5 Å². The normalized spacial score (nSPS) is 19.9. The lowest BCUT2D eigenvalue weighted by Gasteiger charge is -2.23. The second-order valence-corrected chi connectivity index (χ2v) is 10.4. The maximum atomic E-state index is 13.5. The van der Waals surface area contributed by atoms with E-state index < -0.39 is 17.7 Å². The first-order valence-electron chi connectivity index (χ1n) is 12.6. The van der Waals surface area contributed by atoms with Crippen LogP contribution in [0.1, 0.15) is 54.9 Å². The third-order valence-electron chi connectivity index (χ3n) is 6.38. The molecular formula is C28H29N3O6S. The molecule has 1 amide bonds. The van der Waals surface area contributed by atoms with E-state index in [0.717, 1.165) is 17.7 Å². The van der Waals surface area contributed by atoms with E-state index in [0.29, 0.717) is 47.3 Å². The molecule has 3 aromatic rings. The molecule has 2 atom stereocenters. The largest absolute Gasteiger partial charge is 0.507 e. The van der Waals surface area contributed by atoms with Crippen LogP contribution in [0.2, 0.25) is 0 Å². The number of aliphatic hydroxyl groups is 1. The highest BCUT2D eigenvalue weighted by Gasteiger charge is 2.48. The van der Waals surface area contributed by atoms with E-state index in [2.05, 4.69) is 10.2 Å². The number of benzene rings is 2. The molecule has 0 radical (unpaired) electrons. The Kier molecular flexibility index (Phi) is 7.07. The van der Waals surface area contributed by atoms with Gasteiger partial charge in [-0.25, -0.2) is 0 Å². The molecule has 0 bridgehead atoms. The van der Waals surface area contributed by atoms with Gasteiger partial charge in [0.2, 0.25) is 5.13 Å². The maximum absolute atomic E-state index is 13.5. The molecule has 2 aliphatic heterocycles. The van der Waals surface area contributed by atoms with Crippen molar-refractivity contribution < 1.29 is 28.9 Å². The van der Waals surface area contributed by atoms with E-state index in [1.807, 2.05) is 20.8 Å². The molecule has 3 heterocycles. The number of aryl methyl sites for hydroxylation is 1. The van der Waals surface area contributed by atoms with Crippen LogP contribution in [-0.4, -0.2) is 46.3 Å². The molecule has 0 aliphatic carbocycles. The van der Waals surface area contributed by atoms with Gasteiger partial charge in [0.05, 0.1) is 24.8 Å². The summed E-state index contributed by atoms with van der Waals surface area (Å²) in [6.07, 6.45) is 1.54. The van der Waals surface area contributed by atoms with Gasteiger partial charge < -0.3 is 19.3 Å². The molecule has 1 N–H and O–H groups in total. The summed E-state index contributed by atoms with van der Waals surface area (Å²) in [6.45, 7) is 8.54. The van der Waals surface area contributed by atoms with Crippen LogP contribution in [0.25, 0.3) is 5.76 Å². The monoisotopic (exact) mass is 535 g/mol. The van der Waals surface area contributed by atoms with Crippen LogP contribution < -0.4 is 19.1 Å². The van der Waals surface area contributed by atoms with Gasteiger partial charge in [-0.1, -0.05) is 24.3 Å². The number of aromatic nitrogens is 2. The lowest BCUT2D eigenvalue weighted by Crippen LogP contribution is -2.29. The standard InChI is InChI=1S/C28H29N3O6S/c1-5-11-36-21-10-7-17(14-22(21)35-6-2)24-23(26(33)27(34)31(24)28-30-29-16(4)38-28)25(32)18-8-9-20-19(13-18)12-15(3)37-20/h7-10,13-15,24,32H,5-6,11-12H2,1-4H3/t15-,24-/m0/s1. The third-order valence-corrected chi connectivity index (χ3v) is 7.22. The number of hydrogen-bond donors (Lipinski definition) is 1. The SMILES string of the molecule is CCCOc1ccc([C@H]2C(=C(O)c3ccc4c(c3)C[C@H](C)O4)C(=O)C(=O)N2c2nnc(C)s2)cc1OCC. The summed E-state index contributed by atoms with van der Waals surface area (Å²) in [5, 5.41) is 20.6. The summed E-state index contributed by atoms with van der Waals surface area (Å²) >= 11 is 1.20. The van der Waals surface area contributed by atoms with Crippen molar-refractivity contribution in [3.05, 3.63) is 63.7 Å². The number of Topliss-reactive ketones (excluding diaryl/α,β-unsaturated/α-hetero) is 1. The van der Waals surface area contributed by atoms with Gasteiger partial charge in [-0.2, -0.15) is 0 Å². The van der Waals surface area contributed by atoms with Crippen molar-refractivity contribution >= 4 is 33.9 Å². The zero-order valence-electron chi connectivity index (χ0n) is 21.7. The van der Waals surface area contributed by atoms with Gasteiger partial charge in [0.25, 0.3) is 5.78 Å². The molecule has 5 rings (SSSR count). The summed E-state index contributed by atoms with van der Waals surface area (Å²) in [5.74, 6) is -0.0389. The Morgan fingerprint density at radius 3 is 2.66 bits per heavy atom. The highest BCUT2D eigenvalue weighted by Crippen LogP contribution is 2.45. The maximum Gasteiger partial charge on any atom is 0.301 e. The number of carbonyl (C=O) groups excluding carboxylic acids is 2. The average molecular weight is 536 g/mol. The van der Waals surface area contributed by atoms with Crippen molar-refractivity contribution in [1.82, 2.24) is 10.2 Å². The van der Waals surface area contributed by atoms with Crippen LogP contribution in [0.4, 0.5) is 5.13 Å². The second kappa shape index (κ2) is 10.4. The van der Waals surface area contributed by atoms with Gasteiger partial charge in [0.15, 0.2) is 11.5 Å². The predicted octanol–water partition coefficient (Wildman–Crippen LogP) is 4.98. The average Bonchev–Trinajstić information content (AvgIpc) is 3.57. The molecule has 198 valence electrons. The summed E-state index contributed by atoms with van der Waals surface area (Å²) in [7, 11) is 0. The molecule has 0 saturated carbocycles. The van der Waals surface area contributed by atoms with E-state index in [4.69, 9.17) is 14.2 Å². The number of ketones is 1. The fraction of sp³-hybridized carbons (Fsp3) is 0.357. The minimum absolute atomic E-state index is 0.0269. The molecule has 1 fully saturated rings. The number of rotatable bonds is 8. The predicted molar refractivity (Wildman–Crippen MR) is 143 cm³/mol. The van der Waals surface area contributed by atoms with E-state index in [1.165, 1.54) is 16.2 Å². The lowest BCUT2D eigenvalue weighted by atomic mass is 9.94. The molecule has 1 saturated heterocycles. The molecule has 2 aliphatic rings. The molecule has 0 unspecified atom stereocenters. The Hall–Kier alpha value is -3.92. The van der Waals surface area contributed by atoms with Crippen molar-refractivity contribution in [2.45, 2.75) is 52.7 Å². The quantitative estimate of drug-likeness (QED) is 0.244. The Morgan fingerprint density at radius 1 is 1.13 bits per heavy atom. The summed E-state index contributed by atoms with van der Waals surface area (Å²) in [6, 6.07) is 9.62. The van der Waals surface area contributed by atoms with Gasteiger partial charge in [0, 0.05) is 12.0 Å². The van der Waals surface area contributed by atoms with E-state index in [9.17, 15) is 14.7 Å². The van der Waals surface area contributed by atoms with Crippen molar-refractivity contribution in [1.29, 1.82) is 0 Å². The zero-order valence-corrected chi connectivity index (χ0v) is 22.5. The Balaban J connectivity index is 1.67. The van der Waals surface area contributed by atoms with Gasteiger partial charge in [-0.15, -0.1) is 10.2 Å². The van der Waals surface area contributed by atoms with Gasteiger partial charge >= 0.3 is 5.91 Å². The minimum Gasteiger partial charge on any atom is -0.507 e. The minimum atomic E-state index is -0.940. The topological polar surface area (TPSA) is 111 Å². The van der Waals surface area contributed by atoms with Crippen molar-refractivity contribution in [3.63, 3.8) is 0 Å². The van der Waals surface area contributed by atoms with Crippen LogP contribution in [0.15, 0.2) is 42.0 Å². The number of fused-ring (bicyclic) bond motifs is 1. The molecular weight excluding hydrogens is 506 g/mol. The van der Waals surface area contributed by atoms with Crippen LogP contribution in [0.5, 0.6) is 17.2 Å². The number of amides is 1. The van der Waals surface area contributed by atoms with E-state index >= 15 is 0 Å². The van der Waals surface area contributed by atoms with Crippen LogP contribution in [0.3, 0.4) is 0 Å². The first-order valence-corrected chi connectivity index (χ1v) is 13.4. The van der Waals surface area contributed by atoms with Crippen LogP contribution in [-0.2, 0) is 16.0 Å². The number of nitrogens with zero attached hydrogens (tertiary/aromatic N) is 3. The number of ether oxygens (including phenoxy) is 3. The smallest absolute Gasteiger partial charge is 0.301 e. The Labute approximate surface area is 224 Å². The molecule has 1 aromatic heterocycles. The third kappa shape index (κ3) is 4.60. The number of aliphatic hydroxyl groups excluding tert-OH is 1. The van der Waals surface area contributed by atoms with Crippen molar-refractivity contribution in [2.24, 2.45) is 0 Å². The van der Waals surface area contributed by atoms with Crippen LogP contribution in [0, 0.1) is 6.92 Å². The fourth-order valence-corrected chi connectivity index (χ4v) is 5.46. The second-order valence-electron chi connectivity index (χ2n) is 9.22. The Bertz CT molecular complexity index is 1430. The zero-order chi connectivity index (χ0) is 27.0. The summed E-state index contributed by atoms with van der Waals surface area (Å²) in [5.41, 5.74) is 1.91.